The first-order valence-electron chi connectivity index (χ1n) is 12.2. The van der Waals surface area contributed by atoms with E-state index in [-0.39, 0.29) is 44.3 Å². The molecule has 11 heteroatoms. The van der Waals surface area contributed by atoms with E-state index in [4.69, 9.17) is 28.4 Å². The molecule has 2 rings (SSSR count). The first-order chi connectivity index (χ1) is 18.4. The molecule has 206 valence electrons. The van der Waals surface area contributed by atoms with Gasteiger partial charge in [-0.1, -0.05) is 38.1 Å². The van der Waals surface area contributed by atoms with Crippen LogP contribution in [0.15, 0.2) is 48.5 Å². The van der Waals surface area contributed by atoms with Gasteiger partial charge in [-0.25, -0.2) is 14.4 Å². The average molecular weight is 532 g/mol. The second kappa shape index (κ2) is 16.6. The summed E-state index contributed by atoms with van der Waals surface area (Å²) in [5.74, 6) is -1.17. The molecule has 0 bridgehead atoms. The zero-order valence-electron chi connectivity index (χ0n) is 21.7. The third-order valence-electron chi connectivity index (χ3n) is 4.90. The molecule has 0 aromatic heterocycles. The number of rotatable bonds is 14. The van der Waals surface area contributed by atoms with Crippen LogP contribution in [0.3, 0.4) is 0 Å². The Balaban J connectivity index is 2.08. The SMILES string of the molecule is CCCOC(=O)Oc1ccc(C[C@H](NCCOC(=O)c2ccccc2)C(=O)OC)cc1OC(=O)OCCC. The highest BCUT2D eigenvalue weighted by Gasteiger charge is 2.22. The molecule has 0 saturated carbocycles. The van der Waals surface area contributed by atoms with E-state index in [2.05, 4.69) is 5.32 Å². The Morgan fingerprint density at radius 2 is 1.42 bits per heavy atom. The molecule has 2 aromatic carbocycles. The Morgan fingerprint density at radius 3 is 2.03 bits per heavy atom. The lowest BCUT2D eigenvalue weighted by molar-refractivity contribution is -0.143. The summed E-state index contributed by atoms with van der Waals surface area (Å²) in [6.07, 6.45) is -0.604. The maximum atomic E-state index is 12.4. The summed E-state index contributed by atoms with van der Waals surface area (Å²) in [6, 6.07) is 12.2. The van der Waals surface area contributed by atoms with Crippen molar-refractivity contribution in [1.82, 2.24) is 5.32 Å². The van der Waals surface area contributed by atoms with Crippen molar-refractivity contribution in [3.63, 3.8) is 0 Å². The van der Waals surface area contributed by atoms with Crippen LogP contribution >= 0.6 is 0 Å². The summed E-state index contributed by atoms with van der Waals surface area (Å²) in [6.45, 7) is 4.17. The molecule has 0 aliphatic carbocycles. The molecule has 0 aliphatic rings. The second-order valence-electron chi connectivity index (χ2n) is 7.92. The molecular weight excluding hydrogens is 498 g/mol. The molecule has 0 amide bonds. The van der Waals surface area contributed by atoms with Gasteiger partial charge in [-0.05, 0) is 49.1 Å². The molecule has 0 spiro atoms. The van der Waals surface area contributed by atoms with E-state index < -0.39 is 30.3 Å². The van der Waals surface area contributed by atoms with Gasteiger partial charge in [-0.3, -0.25) is 4.79 Å². The first-order valence-corrected chi connectivity index (χ1v) is 12.2. The van der Waals surface area contributed by atoms with Crippen molar-refractivity contribution in [3.05, 3.63) is 59.7 Å². The van der Waals surface area contributed by atoms with Crippen molar-refractivity contribution in [2.45, 2.75) is 39.2 Å². The van der Waals surface area contributed by atoms with E-state index in [1.54, 1.807) is 36.4 Å². The fraction of sp³-hybridized carbons (Fsp3) is 0.407. The van der Waals surface area contributed by atoms with Gasteiger partial charge in [0.1, 0.15) is 12.6 Å². The summed E-state index contributed by atoms with van der Waals surface area (Å²) in [5, 5.41) is 2.99. The molecule has 0 saturated heterocycles. The summed E-state index contributed by atoms with van der Waals surface area (Å²) < 4.78 is 30.4. The fourth-order valence-electron chi connectivity index (χ4n) is 3.10. The maximum Gasteiger partial charge on any atom is 0.513 e. The number of ether oxygens (including phenoxy) is 6. The van der Waals surface area contributed by atoms with E-state index in [1.807, 2.05) is 13.8 Å². The average Bonchev–Trinajstić information content (AvgIpc) is 2.93. The fourth-order valence-corrected chi connectivity index (χ4v) is 3.10. The van der Waals surface area contributed by atoms with Gasteiger partial charge >= 0.3 is 24.2 Å². The number of hydrogen-bond acceptors (Lipinski definition) is 11. The Kier molecular flexibility index (Phi) is 13.1. The highest BCUT2D eigenvalue weighted by atomic mass is 16.7. The van der Waals surface area contributed by atoms with Gasteiger partial charge in [0.25, 0.3) is 0 Å². The largest absolute Gasteiger partial charge is 0.513 e. The van der Waals surface area contributed by atoms with Gasteiger partial charge in [-0.15, -0.1) is 0 Å². The van der Waals surface area contributed by atoms with Crippen LogP contribution in [0.1, 0.15) is 42.6 Å². The van der Waals surface area contributed by atoms with Crippen molar-refractivity contribution < 1.29 is 47.6 Å². The molecule has 11 nitrogen and oxygen atoms in total. The van der Waals surface area contributed by atoms with Gasteiger partial charge in [0.05, 0.1) is 25.9 Å². The van der Waals surface area contributed by atoms with Gasteiger partial charge < -0.3 is 33.7 Å². The Labute approximate surface area is 221 Å². The molecule has 0 heterocycles. The monoisotopic (exact) mass is 531 g/mol. The predicted molar refractivity (Wildman–Crippen MR) is 135 cm³/mol. The molecule has 2 aromatic rings. The molecule has 1 N–H and O–H groups in total. The smallest absolute Gasteiger partial charge is 0.468 e. The zero-order chi connectivity index (χ0) is 27.8. The standard InChI is InChI=1S/C27H33NO10/c1-4-14-35-26(31)37-22-12-11-19(18-23(22)38-27(32)36-15-5-2)17-21(25(30)33-3)28-13-16-34-24(29)20-9-7-6-8-10-20/h6-12,18,21,28H,4-5,13-17H2,1-3H3/t21-/m0/s1. The molecule has 0 radical (unpaired) electrons. The number of carbonyl (C=O) groups excluding carboxylic acids is 4. The van der Waals surface area contributed by atoms with Crippen LogP contribution < -0.4 is 14.8 Å². The lowest BCUT2D eigenvalue weighted by Crippen LogP contribution is -2.41. The van der Waals surface area contributed by atoms with E-state index in [0.717, 1.165) is 0 Å². The van der Waals surface area contributed by atoms with Crippen molar-refractivity contribution in [3.8, 4) is 11.5 Å². The summed E-state index contributed by atoms with van der Waals surface area (Å²) in [5.41, 5.74) is 0.977. The van der Waals surface area contributed by atoms with E-state index in [0.29, 0.717) is 24.0 Å². The third-order valence-corrected chi connectivity index (χ3v) is 4.90. The number of nitrogens with one attached hydrogen (secondary N) is 1. The second-order valence-corrected chi connectivity index (χ2v) is 7.92. The number of esters is 2. The third kappa shape index (κ3) is 10.5. The topological polar surface area (TPSA) is 136 Å². The predicted octanol–water partition coefficient (Wildman–Crippen LogP) is 4.07. The van der Waals surface area contributed by atoms with Gasteiger partial charge in [-0.2, -0.15) is 0 Å². The number of hydrogen-bond donors (Lipinski definition) is 1. The van der Waals surface area contributed by atoms with Crippen molar-refractivity contribution in [2.24, 2.45) is 0 Å². The first kappa shape index (κ1) is 30.1. The number of methoxy groups -OCH3 is 1. The summed E-state index contributed by atoms with van der Waals surface area (Å²) in [4.78, 5) is 48.5. The minimum Gasteiger partial charge on any atom is -0.468 e. The highest BCUT2D eigenvalue weighted by Crippen LogP contribution is 2.30. The Morgan fingerprint density at radius 1 is 0.789 bits per heavy atom. The van der Waals surface area contributed by atoms with E-state index in [9.17, 15) is 19.2 Å². The van der Waals surface area contributed by atoms with E-state index in [1.165, 1.54) is 19.2 Å². The van der Waals surface area contributed by atoms with Crippen LogP contribution in [0.4, 0.5) is 9.59 Å². The van der Waals surface area contributed by atoms with Crippen LogP contribution in [-0.4, -0.2) is 63.8 Å². The van der Waals surface area contributed by atoms with Crippen LogP contribution in [0.2, 0.25) is 0 Å². The minimum atomic E-state index is -0.973. The van der Waals surface area contributed by atoms with Gasteiger partial charge in [0, 0.05) is 6.54 Å². The van der Waals surface area contributed by atoms with Crippen LogP contribution in [0.25, 0.3) is 0 Å². The van der Waals surface area contributed by atoms with Crippen LogP contribution in [0.5, 0.6) is 11.5 Å². The summed E-state index contributed by atoms with van der Waals surface area (Å²) in [7, 11) is 1.25. The Bertz CT molecular complexity index is 1060. The zero-order valence-corrected chi connectivity index (χ0v) is 21.7. The normalized spacial score (nSPS) is 11.1. The Hall–Kier alpha value is -4.12. The van der Waals surface area contributed by atoms with Crippen LogP contribution in [-0.2, 0) is 30.2 Å². The van der Waals surface area contributed by atoms with Gasteiger partial charge in [0.2, 0.25) is 0 Å². The minimum absolute atomic E-state index is 0.0193. The molecular formula is C27H33NO10. The number of carbonyl (C=O) groups is 4. The van der Waals surface area contributed by atoms with Crippen molar-refractivity contribution in [2.75, 3.05) is 33.5 Å². The van der Waals surface area contributed by atoms with E-state index >= 15 is 0 Å². The highest BCUT2D eigenvalue weighted by molar-refractivity contribution is 5.89. The lowest BCUT2D eigenvalue weighted by Gasteiger charge is -2.18. The van der Waals surface area contributed by atoms with Crippen LogP contribution in [0, 0.1) is 0 Å². The number of benzene rings is 2. The molecule has 1 atom stereocenters. The summed E-state index contributed by atoms with van der Waals surface area (Å²) >= 11 is 0. The maximum absolute atomic E-state index is 12.4. The molecule has 0 unspecified atom stereocenters. The quantitative estimate of drug-likeness (QED) is 0.163. The lowest BCUT2D eigenvalue weighted by atomic mass is 10.1. The van der Waals surface area contributed by atoms with Crippen molar-refractivity contribution in [1.29, 1.82) is 0 Å². The molecule has 0 fully saturated rings. The van der Waals surface area contributed by atoms with Gasteiger partial charge in [0.15, 0.2) is 11.5 Å². The van der Waals surface area contributed by atoms with Crippen molar-refractivity contribution >= 4 is 24.2 Å². The molecule has 0 aliphatic heterocycles. The molecule has 38 heavy (non-hydrogen) atoms.